The molecule has 1 amide bonds. The lowest BCUT2D eigenvalue weighted by molar-refractivity contribution is 0.0941. The van der Waals surface area contributed by atoms with Gasteiger partial charge in [-0.15, -0.1) is 0 Å². The number of hydrogen-bond acceptors (Lipinski definition) is 5. The van der Waals surface area contributed by atoms with Crippen LogP contribution in [0.25, 0.3) is 11.3 Å². The van der Waals surface area contributed by atoms with E-state index in [4.69, 9.17) is 4.52 Å². The Morgan fingerprint density at radius 1 is 1.21 bits per heavy atom. The number of nitrogens with one attached hydrogen (secondary N) is 1. The first-order valence-corrected chi connectivity index (χ1v) is 7.93. The molecule has 0 saturated heterocycles. The van der Waals surface area contributed by atoms with Crippen LogP contribution in [0.4, 0.5) is 0 Å². The molecule has 0 bridgehead atoms. The molecule has 0 unspecified atom stereocenters. The van der Waals surface area contributed by atoms with Crippen molar-refractivity contribution in [3.8, 4) is 11.3 Å². The number of aromatic nitrogens is 3. The number of carbonyl (C=O) groups is 1. The zero-order valence-corrected chi connectivity index (χ0v) is 13.0. The van der Waals surface area contributed by atoms with Gasteiger partial charge in [0, 0.05) is 23.5 Å². The number of rotatable bonds is 4. The fourth-order valence-corrected chi connectivity index (χ4v) is 2.81. The Labute approximate surface area is 138 Å². The van der Waals surface area contributed by atoms with Crippen molar-refractivity contribution in [1.29, 1.82) is 0 Å². The van der Waals surface area contributed by atoms with Crippen LogP contribution >= 0.6 is 0 Å². The van der Waals surface area contributed by atoms with E-state index in [0.29, 0.717) is 11.6 Å². The second-order valence-electron chi connectivity index (χ2n) is 5.74. The van der Waals surface area contributed by atoms with E-state index >= 15 is 0 Å². The summed E-state index contributed by atoms with van der Waals surface area (Å²) in [4.78, 5) is 21.0. The Kier molecular flexibility index (Phi) is 3.78. The molecule has 1 aliphatic rings. The predicted octanol–water partition coefficient (Wildman–Crippen LogP) is 2.55. The van der Waals surface area contributed by atoms with Crippen LogP contribution in [0.3, 0.4) is 0 Å². The van der Waals surface area contributed by atoms with Crippen molar-refractivity contribution >= 4 is 5.91 Å². The molecule has 6 heteroatoms. The third-order valence-corrected chi connectivity index (χ3v) is 4.07. The van der Waals surface area contributed by atoms with Crippen LogP contribution in [0.1, 0.15) is 34.0 Å². The fourth-order valence-electron chi connectivity index (χ4n) is 2.81. The van der Waals surface area contributed by atoms with E-state index in [1.165, 1.54) is 5.56 Å². The van der Waals surface area contributed by atoms with Crippen molar-refractivity contribution < 1.29 is 9.32 Å². The van der Waals surface area contributed by atoms with Crippen molar-refractivity contribution in [3.05, 3.63) is 65.4 Å². The van der Waals surface area contributed by atoms with Crippen LogP contribution in [0.2, 0.25) is 0 Å². The molecule has 4 rings (SSSR count). The van der Waals surface area contributed by atoms with Crippen LogP contribution < -0.4 is 5.32 Å². The molecular formula is C18H16N4O2. The van der Waals surface area contributed by atoms with E-state index in [0.717, 1.165) is 30.5 Å². The summed E-state index contributed by atoms with van der Waals surface area (Å²) in [5.41, 5.74) is 3.44. The normalized spacial score (nSPS) is 12.8. The minimum atomic E-state index is -0.301. The summed E-state index contributed by atoms with van der Waals surface area (Å²) in [6.07, 6.45) is 5.02. The number of hydrogen-bond donors (Lipinski definition) is 1. The molecule has 6 nitrogen and oxygen atoms in total. The lowest BCUT2D eigenvalue weighted by Crippen LogP contribution is -2.24. The first-order valence-electron chi connectivity index (χ1n) is 7.93. The zero-order valence-electron chi connectivity index (χ0n) is 13.0. The molecule has 120 valence electrons. The molecule has 0 spiro atoms. The SMILES string of the molecule is O=C(NCc1ncc2c(n1)CCC2)c1cc(-c2ccccc2)on1. The quantitative estimate of drug-likeness (QED) is 0.799. The topological polar surface area (TPSA) is 80.9 Å². The maximum Gasteiger partial charge on any atom is 0.273 e. The summed E-state index contributed by atoms with van der Waals surface area (Å²) in [7, 11) is 0. The number of nitrogens with zero attached hydrogens (tertiary/aromatic N) is 3. The summed E-state index contributed by atoms with van der Waals surface area (Å²) < 4.78 is 5.24. The Balaban J connectivity index is 1.42. The Bertz CT molecular complexity index is 874. The number of benzene rings is 1. The summed E-state index contributed by atoms with van der Waals surface area (Å²) >= 11 is 0. The van der Waals surface area contributed by atoms with E-state index in [-0.39, 0.29) is 18.1 Å². The lowest BCUT2D eigenvalue weighted by Gasteiger charge is -2.04. The standard InChI is InChI=1S/C18H16N4O2/c23-18(15-9-16(24-22-15)12-5-2-1-3-6-12)20-11-17-19-10-13-7-4-8-14(13)21-17/h1-3,5-6,9-10H,4,7-8,11H2,(H,20,23). The smallest absolute Gasteiger partial charge is 0.273 e. The molecule has 1 aromatic carbocycles. The van der Waals surface area contributed by atoms with Gasteiger partial charge in [-0.2, -0.15) is 0 Å². The van der Waals surface area contributed by atoms with E-state index in [2.05, 4.69) is 20.4 Å². The highest BCUT2D eigenvalue weighted by Crippen LogP contribution is 2.20. The van der Waals surface area contributed by atoms with Crippen LogP contribution in [0.5, 0.6) is 0 Å². The monoisotopic (exact) mass is 320 g/mol. The van der Waals surface area contributed by atoms with E-state index in [1.807, 2.05) is 36.5 Å². The molecule has 1 aliphatic carbocycles. The molecule has 24 heavy (non-hydrogen) atoms. The third-order valence-electron chi connectivity index (χ3n) is 4.07. The zero-order chi connectivity index (χ0) is 16.4. The molecule has 2 heterocycles. The predicted molar refractivity (Wildman–Crippen MR) is 87.2 cm³/mol. The van der Waals surface area contributed by atoms with Crippen molar-refractivity contribution in [2.75, 3.05) is 0 Å². The van der Waals surface area contributed by atoms with Gasteiger partial charge in [0.25, 0.3) is 5.91 Å². The number of fused-ring (bicyclic) bond motifs is 1. The molecule has 0 fully saturated rings. The van der Waals surface area contributed by atoms with Gasteiger partial charge in [0.15, 0.2) is 11.5 Å². The van der Waals surface area contributed by atoms with Gasteiger partial charge in [0.05, 0.1) is 6.54 Å². The van der Waals surface area contributed by atoms with Crippen molar-refractivity contribution in [2.24, 2.45) is 0 Å². The summed E-state index contributed by atoms with van der Waals surface area (Å²) in [5, 5.41) is 6.62. The average Bonchev–Trinajstić information content (AvgIpc) is 3.29. The van der Waals surface area contributed by atoms with Gasteiger partial charge in [0.2, 0.25) is 0 Å². The highest BCUT2D eigenvalue weighted by atomic mass is 16.5. The average molecular weight is 320 g/mol. The summed E-state index contributed by atoms with van der Waals surface area (Å²) in [6, 6.07) is 11.2. The van der Waals surface area contributed by atoms with Gasteiger partial charge in [-0.3, -0.25) is 4.79 Å². The van der Waals surface area contributed by atoms with E-state index in [1.54, 1.807) is 6.07 Å². The van der Waals surface area contributed by atoms with Gasteiger partial charge >= 0.3 is 0 Å². The molecular weight excluding hydrogens is 304 g/mol. The van der Waals surface area contributed by atoms with Crippen molar-refractivity contribution in [3.63, 3.8) is 0 Å². The van der Waals surface area contributed by atoms with Gasteiger partial charge in [-0.05, 0) is 24.8 Å². The lowest BCUT2D eigenvalue weighted by atomic mass is 10.1. The van der Waals surface area contributed by atoms with Gasteiger partial charge in [0.1, 0.15) is 5.82 Å². The number of carbonyl (C=O) groups excluding carboxylic acids is 1. The van der Waals surface area contributed by atoms with Crippen molar-refractivity contribution in [1.82, 2.24) is 20.4 Å². The van der Waals surface area contributed by atoms with Crippen LogP contribution in [0.15, 0.2) is 47.1 Å². The Morgan fingerprint density at radius 3 is 2.96 bits per heavy atom. The van der Waals surface area contributed by atoms with Crippen LogP contribution in [-0.4, -0.2) is 21.0 Å². The number of aryl methyl sites for hydroxylation is 2. The molecule has 0 radical (unpaired) electrons. The molecule has 0 aliphatic heterocycles. The molecule has 2 aromatic heterocycles. The second kappa shape index (κ2) is 6.23. The number of amides is 1. The Morgan fingerprint density at radius 2 is 2.08 bits per heavy atom. The van der Waals surface area contributed by atoms with E-state index in [9.17, 15) is 4.79 Å². The maximum atomic E-state index is 12.2. The van der Waals surface area contributed by atoms with Crippen LogP contribution in [-0.2, 0) is 19.4 Å². The highest BCUT2D eigenvalue weighted by molar-refractivity contribution is 5.92. The molecule has 0 saturated carbocycles. The third kappa shape index (κ3) is 2.90. The maximum absolute atomic E-state index is 12.2. The molecule has 3 aromatic rings. The summed E-state index contributed by atoms with van der Waals surface area (Å²) in [6.45, 7) is 0.277. The molecule has 0 atom stereocenters. The second-order valence-corrected chi connectivity index (χ2v) is 5.74. The first kappa shape index (κ1) is 14.6. The van der Waals surface area contributed by atoms with Crippen LogP contribution in [0, 0.1) is 0 Å². The van der Waals surface area contributed by atoms with Gasteiger partial charge in [-0.1, -0.05) is 35.5 Å². The Hall–Kier alpha value is -3.02. The van der Waals surface area contributed by atoms with Gasteiger partial charge < -0.3 is 9.84 Å². The highest BCUT2D eigenvalue weighted by Gasteiger charge is 2.16. The molecule has 1 N–H and O–H groups in total. The minimum Gasteiger partial charge on any atom is -0.355 e. The minimum absolute atomic E-state index is 0.245. The summed E-state index contributed by atoms with van der Waals surface area (Å²) in [5.74, 6) is 0.885. The van der Waals surface area contributed by atoms with Crippen molar-refractivity contribution in [2.45, 2.75) is 25.8 Å². The fraction of sp³-hybridized carbons (Fsp3) is 0.222. The van der Waals surface area contributed by atoms with Gasteiger partial charge in [-0.25, -0.2) is 9.97 Å². The largest absolute Gasteiger partial charge is 0.355 e. The van der Waals surface area contributed by atoms with E-state index < -0.39 is 0 Å². The first-order chi connectivity index (χ1) is 11.8.